The van der Waals surface area contributed by atoms with Crippen LogP contribution in [0.3, 0.4) is 0 Å². The summed E-state index contributed by atoms with van der Waals surface area (Å²) in [5.74, 6) is 1.29. The minimum absolute atomic E-state index is 0.211. The summed E-state index contributed by atoms with van der Waals surface area (Å²) >= 11 is 0. The minimum Gasteiger partial charge on any atom is -0.426 e. The molecule has 152 valence electrons. The molecule has 1 fully saturated rings. The first-order valence-electron chi connectivity index (χ1n) is 9.86. The number of anilines is 1. The van der Waals surface area contributed by atoms with Gasteiger partial charge in [-0.25, -0.2) is 9.97 Å². The number of rotatable bonds is 6. The molecule has 0 atom stereocenters. The number of hydrogen-bond donors (Lipinski definition) is 3. The predicted octanol–water partition coefficient (Wildman–Crippen LogP) is 2.01. The van der Waals surface area contributed by atoms with Crippen molar-refractivity contribution >= 4 is 22.8 Å². The van der Waals surface area contributed by atoms with E-state index in [1.807, 2.05) is 12.1 Å². The highest BCUT2D eigenvalue weighted by molar-refractivity contribution is 6.05. The van der Waals surface area contributed by atoms with Crippen LogP contribution in [0.5, 0.6) is 0 Å². The van der Waals surface area contributed by atoms with Crippen LogP contribution in [0, 0.1) is 6.92 Å². The molecule has 9 nitrogen and oxygen atoms in total. The summed E-state index contributed by atoms with van der Waals surface area (Å²) < 4.78 is 5.32. The molecule has 0 saturated heterocycles. The molecule has 0 spiro atoms. The van der Waals surface area contributed by atoms with Crippen molar-refractivity contribution < 1.29 is 14.3 Å². The summed E-state index contributed by atoms with van der Waals surface area (Å²) in [7, 11) is 0. The topological polar surface area (TPSA) is 126 Å². The van der Waals surface area contributed by atoms with Gasteiger partial charge in [-0.05, 0) is 31.7 Å². The SMILES string of the molecule is Cc1nnc(CCNC(=O)c2cccc3cnc(NC4CCC(O)CC4)nc23)o1. The zero-order valence-electron chi connectivity index (χ0n) is 16.3. The Morgan fingerprint density at radius 3 is 2.83 bits per heavy atom. The summed E-state index contributed by atoms with van der Waals surface area (Å²) in [5, 5.41) is 24.4. The van der Waals surface area contributed by atoms with Crippen LogP contribution < -0.4 is 10.6 Å². The van der Waals surface area contributed by atoms with Gasteiger partial charge >= 0.3 is 0 Å². The number of carbonyl (C=O) groups is 1. The zero-order chi connectivity index (χ0) is 20.2. The molecule has 9 heteroatoms. The van der Waals surface area contributed by atoms with Crippen LogP contribution in [0.15, 0.2) is 28.8 Å². The van der Waals surface area contributed by atoms with Gasteiger partial charge in [-0.2, -0.15) is 0 Å². The van der Waals surface area contributed by atoms with Crippen molar-refractivity contribution in [3.05, 3.63) is 41.7 Å². The summed E-state index contributed by atoms with van der Waals surface area (Å²) in [6, 6.07) is 5.68. The van der Waals surface area contributed by atoms with Gasteiger partial charge < -0.3 is 20.2 Å². The largest absolute Gasteiger partial charge is 0.426 e. The number of para-hydroxylation sites is 1. The van der Waals surface area contributed by atoms with E-state index >= 15 is 0 Å². The Bertz CT molecular complexity index is 997. The second-order valence-electron chi connectivity index (χ2n) is 7.31. The number of fused-ring (bicyclic) bond motifs is 1. The average Bonchev–Trinajstić information content (AvgIpc) is 3.14. The number of nitrogens with one attached hydrogen (secondary N) is 2. The second-order valence-corrected chi connectivity index (χ2v) is 7.31. The molecule has 1 aliphatic carbocycles. The summed E-state index contributed by atoms with van der Waals surface area (Å²) in [4.78, 5) is 21.7. The number of aliphatic hydroxyl groups excluding tert-OH is 1. The van der Waals surface area contributed by atoms with Crippen molar-refractivity contribution in [2.45, 2.75) is 51.2 Å². The fraction of sp³-hybridized carbons (Fsp3) is 0.450. The van der Waals surface area contributed by atoms with Crippen molar-refractivity contribution in [2.75, 3.05) is 11.9 Å². The van der Waals surface area contributed by atoms with E-state index in [9.17, 15) is 9.90 Å². The van der Waals surface area contributed by atoms with E-state index in [1.54, 1.807) is 19.2 Å². The molecule has 0 unspecified atom stereocenters. The standard InChI is InChI=1S/C20H24N6O3/c1-12-25-26-17(29-12)9-10-21-19(28)16-4-2-3-13-11-22-20(24-18(13)16)23-14-5-7-15(27)8-6-14/h2-4,11,14-15,27H,5-10H2,1H3,(H,21,28)(H,22,23,24). The van der Waals surface area contributed by atoms with E-state index in [0.717, 1.165) is 31.1 Å². The number of benzene rings is 1. The average molecular weight is 396 g/mol. The normalized spacial score (nSPS) is 19.2. The number of aryl methyl sites for hydroxylation is 1. The van der Waals surface area contributed by atoms with Crippen LogP contribution in [0.4, 0.5) is 5.95 Å². The number of carbonyl (C=O) groups excluding carboxylic acids is 1. The predicted molar refractivity (Wildman–Crippen MR) is 106 cm³/mol. The fourth-order valence-corrected chi connectivity index (χ4v) is 3.53. The van der Waals surface area contributed by atoms with Crippen molar-refractivity contribution in [3.63, 3.8) is 0 Å². The molecule has 3 aromatic rings. The first-order valence-corrected chi connectivity index (χ1v) is 9.86. The molecule has 0 bridgehead atoms. The Morgan fingerprint density at radius 1 is 1.24 bits per heavy atom. The maximum Gasteiger partial charge on any atom is 0.253 e. The Kier molecular flexibility index (Phi) is 5.66. The quantitative estimate of drug-likeness (QED) is 0.578. The highest BCUT2D eigenvalue weighted by Gasteiger charge is 2.20. The van der Waals surface area contributed by atoms with E-state index in [1.165, 1.54) is 0 Å². The molecule has 2 heterocycles. The van der Waals surface area contributed by atoms with Crippen LogP contribution in [0.2, 0.25) is 0 Å². The van der Waals surface area contributed by atoms with Crippen molar-refractivity contribution in [1.82, 2.24) is 25.5 Å². The Morgan fingerprint density at radius 2 is 2.07 bits per heavy atom. The molecule has 1 amide bonds. The van der Waals surface area contributed by atoms with E-state index in [4.69, 9.17) is 4.42 Å². The molecule has 0 radical (unpaired) electrons. The second kappa shape index (κ2) is 8.52. The van der Waals surface area contributed by atoms with Crippen LogP contribution in [0.1, 0.15) is 47.8 Å². The van der Waals surface area contributed by atoms with Crippen molar-refractivity contribution in [3.8, 4) is 0 Å². The van der Waals surface area contributed by atoms with E-state index in [-0.39, 0.29) is 18.1 Å². The van der Waals surface area contributed by atoms with Gasteiger partial charge in [-0.3, -0.25) is 4.79 Å². The number of amides is 1. The molecule has 4 rings (SSSR count). The third-order valence-corrected chi connectivity index (χ3v) is 5.08. The maximum absolute atomic E-state index is 12.7. The van der Waals surface area contributed by atoms with Gasteiger partial charge in [0.05, 0.1) is 17.2 Å². The fourth-order valence-electron chi connectivity index (χ4n) is 3.53. The van der Waals surface area contributed by atoms with E-state index in [2.05, 4.69) is 30.8 Å². The lowest BCUT2D eigenvalue weighted by molar-refractivity contribution is 0.0955. The third-order valence-electron chi connectivity index (χ3n) is 5.08. The number of nitrogens with zero attached hydrogens (tertiary/aromatic N) is 4. The van der Waals surface area contributed by atoms with E-state index in [0.29, 0.717) is 41.8 Å². The van der Waals surface area contributed by atoms with E-state index < -0.39 is 0 Å². The van der Waals surface area contributed by atoms with Gasteiger partial charge in [-0.15, -0.1) is 10.2 Å². The third kappa shape index (κ3) is 4.68. The number of hydrogen-bond acceptors (Lipinski definition) is 8. The lowest BCUT2D eigenvalue weighted by atomic mass is 9.93. The Hall–Kier alpha value is -3.07. The molecule has 3 N–H and O–H groups in total. The molecular formula is C20H24N6O3. The first kappa shape index (κ1) is 19.3. The summed E-state index contributed by atoms with van der Waals surface area (Å²) in [6.07, 6.45) is 5.28. The van der Waals surface area contributed by atoms with Crippen LogP contribution in [0.25, 0.3) is 10.9 Å². The molecule has 1 aliphatic rings. The van der Waals surface area contributed by atoms with Gasteiger partial charge in [0.1, 0.15) is 0 Å². The number of aliphatic hydroxyl groups is 1. The van der Waals surface area contributed by atoms with Crippen LogP contribution in [-0.4, -0.2) is 49.9 Å². The zero-order valence-corrected chi connectivity index (χ0v) is 16.3. The molecule has 29 heavy (non-hydrogen) atoms. The van der Waals surface area contributed by atoms with Crippen LogP contribution in [-0.2, 0) is 6.42 Å². The first-order chi connectivity index (χ1) is 14.1. The van der Waals surface area contributed by atoms with Gasteiger partial charge in [0.15, 0.2) is 0 Å². The molecule has 1 saturated carbocycles. The van der Waals surface area contributed by atoms with Gasteiger partial charge in [0.25, 0.3) is 5.91 Å². The molecule has 1 aromatic carbocycles. The molecular weight excluding hydrogens is 372 g/mol. The molecule has 2 aromatic heterocycles. The van der Waals surface area contributed by atoms with Gasteiger partial charge in [0, 0.05) is 37.5 Å². The number of aromatic nitrogens is 4. The summed E-state index contributed by atoms with van der Waals surface area (Å²) in [5.41, 5.74) is 1.10. The van der Waals surface area contributed by atoms with Gasteiger partial charge in [0.2, 0.25) is 17.7 Å². The Balaban J connectivity index is 1.45. The lowest BCUT2D eigenvalue weighted by Crippen LogP contribution is -2.29. The van der Waals surface area contributed by atoms with Crippen molar-refractivity contribution in [2.24, 2.45) is 0 Å². The smallest absolute Gasteiger partial charge is 0.253 e. The monoisotopic (exact) mass is 396 g/mol. The lowest BCUT2D eigenvalue weighted by Gasteiger charge is -2.26. The Labute approximate surface area is 168 Å². The van der Waals surface area contributed by atoms with Crippen LogP contribution >= 0.6 is 0 Å². The highest BCUT2D eigenvalue weighted by atomic mass is 16.4. The summed E-state index contributed by atoms with van der Waals surface area (Å²) in [6.45, 7) is 2.11. The minimum atomic E-state index is -0.211. The van der Waals surface area contributed by atoms with Crippen molar-refractivity contribution in [1.29, 1.82) is 0 Å². The molecule has 0 aliphatic heterocycles. The highest BCUT2D eigenvalue weighted by Crippen LogP contribution is 2.22. The maximum atomic E-state index is 12.7. The van der Waals surface area contributed by atoms with Gasteiger partial charge in [-0.1, -0.05) is 12.1 Å².